The Kier molecular flexibility index (Phi) is 5.55. The number of anilines is 1. The number of amides is 1. The monoisotopic (exact) mass is 274 g/mol. The Morgan fingerprint density at radius 3 is 2.80 bits per heavy atom. The van der Waals surface area contributed by atoms with Crippen molar-refractivity contribution in [3.05, 3.63) is 37.1 Å². The maximum Gasteiger partial charge on any atom is 0.223 e. The molecule has 5 nitrogen and oxygen atoms in total. The van der Waals surface area contributed by atoms with Gasteiger partial charge in [0.05, 0.1) is 0 Å². The van der Waals surface area contributed by atoms with Crippen molar-refractivity contribution in [3.63, 3.8) is 0 Å². The molecule has 1 aromatic rings. The van der Waals surface area contributed by atoms with Crippen molar-refractivity contribution in [2.75, 3.05) is 44.2 Å². The van der Waals surface area contributed by atoms with Crippen molar-refractivity contribution in [2.24, 2.45) is 0 Å². The molecule has 1 aromatic heterocycles. The molecule has 108 valence electrons. The van der Waals surface area contributed by atoms with Gasteiger partial charge in [-0.15, -0.1) is 6.58 Å². The largest absolute Gasteiger partial charge is 0.353 e. The van der Waals surface area contributed by atoms with Crippen LogP contribution in [0.3, 0.4) is 0 Å². The predicted octanol–water partition coefficient (Wildman–Crippen LogP) is 0.896. The summed E-state index contributed by atoms with van der Waals surface area (Å²) in [5.41, 5.74) is 0. The van der Waals surface area contributed by atoms with Crippen LogP contribution in [-0.4, -0.2) is 55.1 Å². The zero-order valence-electron chi connectivity index (χ0n) is 11.8. The summed E-state index contributed by atoms with van der Waals surface area (Å²) in [6.07, 6.45) is 4.16. The van der Waals surface area contributed by atoms with Crippen molar-refractivity contribution < 1.29 is 4.79 Å². The van der Waals surface area contributed by atoms with Gasteiger partial charge in [-0.1, -0.05) is 12.1 Å². The van der Waals surface area contributed by atoms with E-state index in [1.54, 1.807) is 12.3 Å². The van der Waals surface area contributed by atoms with Crippen LogP contribution in [0.15, 0.2) is 37.1 Å². The molecule has 0 unspecified atom stereocenters. The lowest BCUT2D eigenvalue weighted by atomic mass is 10.2. The minimum atomic E-state index is 0.224. The maximum atomic E-state index is 12.0. The number of hydrogen-bond donors (Lipinski definition) is 1. The van der Waals surface area contributed by atoms with Gasteiger partial charge in [-0.3, -0.25) is 4.79 Å². The molecule has 20 heavy (non-hydrogen) atoms. The van der Waals surface area contributed by atoms with Crippen molar-refractivity contribution in [3.8, 4) is 0 Å². The highest BCUT2D eigenvalue weighted by Gasteiger charge is 2.21. The molecule has 1 amide bonds. The molecule has 2 heterocycles. The summed E-state index contributed by atoms with van der Waals surface area (Å²) in [4.78, 5) is 20.5. The fourth-order valence-corrected chi connectivity index (χ4v) is 2.28. The molecule has 1 aliphatic heterocycles. The second-order valence-electron chi connectivity index (χ2n) is 4.80. The molecule has 0 spiro atoms. The second-order valence-corrected chi connectivity index (χ2v) is 4.80. The first-order chi connectivity index (χ1) is 9.81. The molecule has 1 saturated heterocycles. The third-order valence-electron chi connectivity index (χ3n) is 3.41. The molecule has 0 aromatic carbocycles. The summed E-state index contributed by atoms with van der Waals surface area (Å²) < 4.78 is 0. The van der Waals surface area contributed by atoms with Gasteiger partial charge in [0, 0.05) is 51.9 Å². The summed E-state index contributed by atoms with van der Waals surface area (Å²) in [6, 6.07) is 5.92. The van der Waals surface area contributed by atoms with Crippen LogP contribution in [0.4, 0.5) is 5.82 Å². The molecule has 0 saturated carbocycles. The van der Waals surface area contributed by atoms with Crippen molar-refractivity contribution in [1.82, 2.24) is 15.2 Å². The standard InChI is InChI=1S/C15H22N4O/c1-2-7-16-9-6-15(20)19-12-10-18(11-13-19)14-5-3-4-8-17-14/h2-5,8,16H,1,6-7,9-13H2. The molecule has 0 bridgehead atoms. The van der Waals surface area contributed by atoms with Gasteiger partial charge in [-0.25, -0.2) is 4.98 Å². The number of rotatable bonds is 6. The van der Waals surface area contributed by atoms with Crippen molar-refractivity contribution in [2.45, 2.75) is 6.42 Å². The Morgan fingerprint density at radius 1 is 1.35 bits per heavy atom. The van der Waals surface area contributed by atoms with E-state index in [-0.39, 0.29) is 5.91 Å². The quantitative estimate of drug-likeness (QED) is 0.618. The average Bonchev–Trinajstić information content (AvgIpc) is 2.52. The number of nitrogens with zero attached hydrogens (tertiary/aromatic N) is 3. The number of piperazine rings is 1. The number of pyridine rings is 1. The number of aromatic nitrogens is 1. The van der Waals surface area contributed by atoms with E-state index in [4.69, 9.17) is 0 Å². The van der Waals surface area contributed by atoms with Gasteiger partial charge in [0.15, 0.2) is 0 Å². The van der Waals surface area contributed by atoms with E-state index >= 15 is 0 Å². The second kappa shape index (κ2) is 7.65. The first-order valence-electron chi connectivity index (χ1n) is 7.06. The molecule has 1 fully saturated rings. The Bertz CT molecular complexity index is 427. The van der Waals surface area contributed by atoms with Crippen LogP contribution in [0.1, 0.15) is 6.42 Å². The molecule has 2 rings (SSSR count). The predicted molar refractivity (Wildman–Crippen MR) is 80.7 cm³/mol. The van der Waals surface area contributed by atoms with Gasteiger partial charge in [0.1, 0.15) is 5.82 Å². The van der Waals surface area contributed by atoms with Crippen LogP contribution in [-0.2, 0) is 4.79 Å². The fraction of sp³-hybridized carbons (Fsp3) is 0.467. The van der Waals surface area contributed by atoms with Crippen LogP contribution in [0.5, 0.6) is 0 Å². The SMILES string of the molecule is C=CCNCCC(=O)N1CCN(c2ccccn2)CC1. The van der Waals surface area contributed by atoms with Crippen LogP contribution < -0.4 is 10.2 Å². The van der Waals surface area contributed by atoms with Gasteiger partial charge in [0.2, 0.25) is 5.91 Å². The van der Waals surface area contributed by atoms with E-state index in [1.807, 2.05) is 23.1 Å². The molecule has 0 aliphatic carbocycles. The van der Waals surface area contributed by atoms with Crippen LogP contribution >= 0.6 is 0 Å². The lowest BCUT2D eigenvalue weighted by molar-refractivity contribution is -0.131. The summed E-state index contributed by atoms with van der Waals surface area (Å²) in [6.45, 7) is 8.35. The summed E-state index contributed by atoms with van der Waals surface area (Å²) in [5, 5.41) is 3.15. The van der Waals surface area contributed by atoms with Crippen LogP contribution in [0.25, 0.3) is 0 Å². The Balaban J connectivity index is 1.73. The summed E-state index contributed by atoms with van der Waals surface area (Å²) in [5.74, 6) is 1.22. The number of carbonyl (C=O) groups excluding carboxylic acids is 1. The van der Waals surface area contributed by atoms with Crippen LogP contribution in [0.2, 0.25) is 0 Å². The van der Waals surface area contributed by atoms with Gasteiger partial charge in [-0.2, -0.15) is 0 Å². The highest BCUT2D eigenvalue weighted by Crippen LogP contribution is 2.12. The normalized spacial score (nSPS) is 15.2. The van der Waals surface area contributed by atoms with Crippen molar-refractivity contribution in [1.29, 1.82) is 0 Å². The van der Waals surface area contributed by atoms with E-state index in [0.717, 1.165) is 38.5 Å². The summed E-state index contributed by atoms with van der Waals surface area (Å²) in [7, 11) is 0. The average molecular weight is 274 g/mol. The third kappa shape index (κ3) is 4.06. The zero-order valence-corrected chi connectivity index (χ0v) is 11.8. The number of nitrogens with one attached hydrogen (secondary N) is 1. The molecular weight excluding hydrogens is 252 g/mol. The topological polar surface area (TPSA) is 48.5 Å². The fourth-order valence-electron chi connectivity index (χ4n) is 2.28. The van der Waals surface area contributed by atoms with Gasteiger partial charge in [-0.05, 0) is 12.1 Å². The molecule has 1 aliphatic rings. The highest BCUT2D eigenvalue weighted by atomic mass is 16.2. The summed E-state index contributed by atoms with van der Waals surface area (Å²) >= 11 is 0. The Hall–Kier alpha value is -1.88. The minimum absolute atomic E-state index is 0.224. The van der Waals surface area contributed by atoms with Gasteiger partial charge < -0.3 is 15.1 Å². The third-order valence-corrected chi connectivity index (χ3v) is 3.41. The molecule has 5 heteroatoms. The molecular formula is C15H22N4O. The van der Waals surface area contributed by atoms with E-state index in [9.17, 15) is 4.79 Å². The van der Waals surface area contributed by atoms with E-state index in [0.29, 0.717) is 13.0 Å². The Morgan fingerprint density at radius 2 is 2.15 bits per heavy atom. The van der Waals surface area contributed by atoms with E-state index in [2.05, 4.69) is 21.8 Å². The maximum absolute atomic E-state index is 12.0. The van der Waals surface area contributed by atoms with E-state index < -0.39 is 0 Å². The van der Waals surface area contributed by atoms with Crippen molar-refractivity contribution >= 4 is 11.7 Å². The lowest BCUT2D eigenvalue weighted by Crippen LogP contribution is -2.49. The first-order valence-corrected chi connectivity index (χ1v) is 7.06. The Labute approximate surface area is 120 Å². The number of hydrogen-bond acceptors (Lipinski definition) is 4. The molecule has 0 radical (unpaired) electrons. The van der Waals surface area contributed by atoms with Crippen LogP contribution in [0, 0.1) is 0 Å². The first kappa shape index (κ1) is 14.5. The zero-order chi connectivity index (χ0) is 14.2. The smallest absolute Gasteiger partial charge is 0.223 e. The van der Waals surface area contributed by atoms with E-state index in [1.165, 1.54) is 0 Å². The molecule has 0 atom stereocenters. The van der Waals surface area contributed by atoms with Gasteiger partial charge >= 0.3 is 0 Å². The van der Waals surface area contributed by atoms with Gasteiger partial charge in [0.25, 0.3) is 0 Å². The minimum Gasteiger partial charge on any atom is -0.353 e. The number of carbonyl (C=O) groups is 1. The highest BCUT2D eigenvalue weighted by molar-refractivity contribution is 5.76. The molecule has 1 N–H and O–H groups in total. The lowest BCUT2D eigenvalue weighted by Gasteiger charge is -2.35.